The summed E-state index contributed by atoms with van der Waals surface area (Å²) in [4.78, 5) is 39.2. The Morgan fingerprint density at radius 2 is 2.00 bits per heavy atom. The number of carbonyl (C=O) groups is 3. The Morgan fingerprint density at radius 1 is 1.28 bits per heavy atom. The molecule has 0 spiro atoms. The van der Waals surface area contributed by atoms with Crippen LogP contribution in [0.4, 0.5) is 17.1 Å². The average Bonchev–Trinajstić information content (AvgIpc) is 3.01. The van der Waals surface area contributed by atoms with Crippen molar-refractivity contribution in [3.05, 3.63) is 53.6 Å². The predicted octanol–water partition coefficient (Wildman–Crippen LogP) is 1.52. The van der Waals surface area contributed by atoms with Gasteiger partial charge in [0, 0.05) is 23.6 Å². The van der Waals surface area contributed by atoms with Crippen molar-refractivity contribution in [1.29, 1.82) is 5.26 Å². The van der Waals surface area contributed by atoms with E-state index in [4.69, 9.17) is 10.00 Å². The van der Waals surface area contributed by atoms with Crippen LogP contribution in [0.1, 0.15) is 25.0 Å². The Labute approximate surface area is 184 Å². The average molecular weight is 434 g/mol. The topological polar surface area (TPSA) is 132 Å². The van der Waals surface area contributed by atoms with Crippen molar-refractivity contribution in [3.63, 3.8) is 0 Å². The van der Waals surface area contributed by atoms with E-state index >= 15 is 0 Å². The molecule has 3 N–H and O–H groups in total. The van der Waals surface area contributed by atoms with Crippen molar-refractivity contribution in [3.8, 4) is 6.07 Å². The second-order valence-electron chi connectivity index (χ2n) is 8.21. The molecule has 164 valence electrons. The van der Waals surface area contributed by atoms with E-state index in [0.717, 1.165) is 5.56 Å². The van der Waals surface area contributed by atoms with Crippen LogP contribution in [-0.4, -0.2) is 48.2 Å². The Morgan fingerprint density at radius 3 is 2.69 bits per heavy atom. The van der Waals surface area contributed by atoms with Gasteiger partial charge in [0.25, 0.3) is 11.8 Å². The van der Waals surface area contributed by atoms with Crippen LogP contribution in [0.2, 0.25) is 0 Å². The number of rotatable bonds is 4. The van der Waals surface area contributed by atoms with E-state index in [1.165, 1.54) is 29.2 Å². The third-order valence-corrected chi connectivity index (χ3v) is 5.76. The molecule has 2 aliphatic rings. The predicted molar refractivity (Wildman–Crippen MR) is 116 cm³/mol. The van der Waals surface area contributed by atoms with Crippen LogP contribution in [-0.2, 0) is 24.5 Å². The molecule has 0 radical (unpaired) electrons. The van der Waals surface area contributed by atoms with Crippen LogP contribution in [0.3, 0.4) is 0 Å². The Bertz CT molecular complexity index is 1140. The zero-order valence-electron chi connectivity index (χ0n) is 17.6. The first-order valence-corrected chi connectivity index (χ1v) is 10.1. The minimum atomic E-state index is -1.73. The van der Waals surface area contributed by atoms with Crippen molar-refractivity contribution in [1.82, 2.24) is 0 Å². The second kappa shape index (κ2) is 8.07. The second-order valence-corrected chi connectivity index (χ2v) is 8.21. The summed E-state index contributed by atoms with van der Waals surface area (Å²) in [6.07, 6.45) is -3.10. The van der Waals surface area contributed by atoms with E-state index in [-0.39, 0.29) is 19.1 Å². The number of carbonyl (C=O) groups excluding carboxylic acids is 3. The number of benzene rings is 2. The molecule has 0 aromatic heterocycles. The highest BCUT2D eigenvalue weighted by molar-refractivity contribution is 6.08. The number of fused-ring (bicyclic) bond motifs is 1. The van der Waals surface area contributed by atoms with E-state index in [1.807, 2.05) is 19.9 Å². The monoisotopic (exact) mass is 434 g/mol. The van der Waals surface area contributed by atoms with E-state index in [9.17, 15) is 19.5 Å². The first-order chi connectivity index (χ1) is 15.2. The van der Waals surface area contributed by atoms with Crippen LogP contribution in [0.5, 0.6) is 0 Å². The number of hydrogen-bond acceptors (Lipinski definition) is 6. The van der Waals surface area contributed by atoms with E-state index in [0.29, 0.717) is 22.6 Å². The van der Waals surface area contributed by atoms with Crippen LogP contribution < -0.4 is 15.5 Å². The number of ether oxygens (including phenoxy) is 1. The summed E-state index contributed by atoms with van der Waals surface area (Å²) in [6, 6.07) is 13.3. The molecule has 0 saturated carbocycles. The molecule has 3 amide bonds. The number of hydrogen-bond donors (Lipinski definition) is 3. The lowest BCUT2D eigenvalue weighted by Crippen LogP contribution is -2.55. The van der Waals surface area contributed by atoms with Crippen LogP contribution in [0.15, 0.2) is 42.5 Å². The van der Waals surface area contributed by atoms with Gasteiger partial charge in [-0.25, -0.2) is 0 Å². The number of anilines is 3. The molecule has 2 aromatic rings. The summed E-state index contributed by atoms with van der Waals surface area (Å²) in [6.45, 7) is 4.03. The molecule has 0 unspecified atom stereocenters. The molecular weight excluding hydrogens is 412 g/mol. The first-order valence-electron chi connectivity index (χ1n) is 10.1. The maximum Gasteiger partial charge on any atom is 0.259 e. The molecule has 4 rings (SSSR count). The number of aliphatic hydroxyl groups excluding tert-OH is 1. The van der Waals surface area contributed by atoms with Gasteiger partial charge in [0.2, 0.25) is 5.91 Å². The largest absolute Gasteiger partial charge is 0.380 e. The molecule has 32 heavy (non-hydrogen) atoms. The van der Waals surface area contributed by atoms with Crippen molar-refractivity contribution >= 4 is 34.8 Å². The third-order valence-electron chi connectivity index (χ3n) is 5.76. The van der Waals surface area contributed by atoms with Gasteiger partial charge in [-0.2, -0.15) is 5.26 Å². The number of nitriles is 1. The maximum atomic E-state index is 13.0. The Balaban J connectivity index is 1.49. The summed E-state index contributed by atoms with van der Waals surface area (Å²) >= 11 is 0. The molecule has 0 bridgehead atoms. The number of aliphatic hydroxyl groups is 1. The van der Waals surface area contributed by atoms with E-state index in [2.05, 4.69) is 10.6 Å². The van der Waals surface area contributed by atoms with Crippen molar-refractivity contribution in [2.75, 3.05) is 28.7 Å². The Hall–Kier alpha value is -3.74. The van der Waals surface area contributed by atoms with Crippen molar-refractivity contribution in [2.45, 2.75) is 31.5 Å². The fourth-order valence-electron chi connectivity index (χ4n) is 3.82. The van der Waals surface area contributed by atoms with Crippen molar-refractivity contribution < 1.29 is 24.2 Å². The zero-order chi connectivity index (χ0) is 23.0. The molecule has 1 fully saturated rings. The minimum Gasteiger partial charge on any atom is -0.380 e. The zero-order valence-corrected chi connectivity index (χ0v) is 17.6. The molecule has 9 heteroatoms. The number of morpholine rings is 1. The third kappa shape index (κ3) is 3.70. The van der Waals surface area contributed by atoms with E-state index < -0.39 is 29.4 Å². The van der Waals surface area contributed by atoms with Gasteiger partial charge in [0.1, 0.15) is 0 Å². The summed E-state index contributed by atoms with van der Waals surface area (Å²) in [5.41, 5.74) is 2.16. The SMILES string of the molecule is CC1(C)C(=O)Nc2cc(N3CCO[C@H]([C@@H](O)C(=O)Nc4ccc(C#N)cc4)C3=O)ccc21. The minimum absolute atomic E-state index is 0.120. The summed E-state index contributed by atoms with van der Waals surface area (Å²) in [5.74, 6) is -1.47. The molecule has 0 aliphatic carbocycles. The van der Waals surface area contributed by atoms with Crippen molar-refractivity contribution in [2.24, 2.45) is 0 Å². The lowest BCUT2D eigenvalue weighted by atomic mass is 9.86. The molecule has 2 atom stereocenters. The highest BCUT2D eigenvalue weighted by Crippen LogP contribution is 2.39. The smallest absolute Gasteiger partial charge is 0.259 e. The molecule has 1 saturated heterocycles. The van der Waals surface area contributed by atoms with Gasteiger partial charge in [0.05, 0.1) is 23.7 Å². The highest BCUT2D eigenvalue weighted by Gasteiger charge is 2.41. The molecule has 9 nitrogen and oxygen atoms in total. The molecule has 2 aromatic carbocycles. The number of nitrogens with zero attached hydrogens (tertiary/aromatic N) is 2. The van der Waals surface area contributed by atoms with Gasteiger partial charge >= 0.3 is 0 Å². The fourth-order valence-corrected chi connectivity index (χ4v) is 3.82. The van der Waals surface area contributed by atoms with Gasteiger partial charge in [-0.3, -0.25) is 14.4 Å². The highest BCUT2D eigenvalue weighted by atomic mass is 16.5. The quantitative estimate of drug-likeness (QED) is 0.669. The van der Waals surface area contributed by atoms with Gasteiger partial charge in [0.15, 0.2) is 12.2 Å². The number of nitrogens with one attached hydrogen (secondary N) is 2. The van der Waals surface area contributed by atoms with Crippen LogP contribution in [0, 0.1) is 11.3 Å². The Kier molecular flexibility index (Phi) is 5.42. The van der Waals surface area contributed by atoms with E-state index in [1.54, 1.807) is 18.2 Å². The van der Waals surface area contributed by atoms with Crippen LogP contribution in [0.25, 0.3) is 0 Å². The van der Waals surface area contributed by atoms with Gasteiger partial charge in [-0.1, -0.05) is 6.07 Å². The normalized spacial score (nSPS) is 20.2. The summed E-state index contributed by atoms with van der Waals surface area (Å²) < 4.78 is 5.43. The summed E-state index contributed by atoms with van der Waals surface area (Å²) in [5, 5.41) is 24.7. The van der Waals surface area contributed by atoms with Gasteiger partial charge in [-0.15, -0.1) is 0 Å². The number of amides is 3. The summed E-state index contributed by atoms with van der Waals surface area (Å²) in [7, 11) is 0. The molecule has 2 heterocycles. The lowest BCUT2D eigenvalue weighted by Gasteiger charge is -2.34. The van der Waals surface area contributed by atoms with Gasteiger partial charge in [-0.05, 0) is 55.8 Å². The maximum absolute atomic E-state index is 13.0. The molecule has 2 aliphatic heterocycles. The van der Waals surface area contributed by atoms with Gasteiger partial charge < -0.3 is 25.4 Å². The fraction of sp³-hybridized carbons (Fsp3) is 0.304. The van der Waals surface area contributed by atoms with Crippen LogP contribution >= 0.6 is 0 Å². The lowest BCUT2D eigenvalue weighted by molar-refractivity contribution is -0.150. The molecular formula is C23H22N4O5. The standard InChI is InChI=1S/C23H22N4O5/c1-23(2)16-8-7-15(11-17(16)26-22(23)31)27-9-10-32-19(21(27)30)18(28)20(29)25-14-5-3-13(12-24)4-6-14/h3-8,11,18-19,28H,9-10H2,1-2H3,(H,25,29)(H,26,31)/t18-,19-/m1/s1. The first kappa shape index (κ1) is 21.5.